The van der Waals surface area contributed by atoms with Crippen molar-refractivity contribution in [2.75, 3.05) is 12.4 Å². The highest BCUT2D eigenvalue weighted by Gasteiger charge is 2.37. The Balaban J connectivity index is 1.43. The summed E-state index contributed by atoms with van der Waals surface area (Å²) in [6.07, 6.45) is 7.58. The Kier molecular flexibility index (Phi) is 5.33. The van der Waals surface area contributed by atoms with Crippen molar-refractivity contribution in [3.63, 3.8) is 0 Å². The SMILES string of the molecule is COCc1nc2cnc(Nc3ccnc(-c4cnn(S(=O)(=O)C5CC5)c4)n3)cc2n1C(C)C. The maximum atomic E-state index is 12.4. The highest BCUT2D eigenvalue weighted by Crippen LogP contribution is 2.30. The van der Waals surface area contributed by atoms with Crippen molar-refractivity contribution < 1.29 is 13.2 Å². The molecule has 1 N–H and O–H groups in total. The molecule has 1 aliphatic carbocycles. The van der Waals surface area contributed by atoms with Crippen LogP contribution in [0.4, 0.5) is 11.6 Å². The van der Waals surface area contributed by atoms with Crippen LogP contribution in [0.3, 0.4) is 0 Å². The Bertz CT molecular complexity index is 1420. The molecule has 11 nitrogen and oxygen atoms in total. The molecule has 33 heavy (non-hydrogen) atoms. The molecule has 0 aromatic carbocycles. The van der Waals surface area contributed by atoms with E-state index in [0.717, 1.165) is 20.9 Å². The molecule has 0 aliphatic heterocycles. The largest absolute Gasteiger partial charge is 0.377 e. The average molecular weight is 469 g/mol. The zero-order valence-corrected chi connectivity index (χ0v) is 19.3. The third-order valence-electron chi connectivity index (χ3n) is 5.38. The lowest BCUT2D eigenvalue weighted by Gasteiger charge is -2.13. The van der Waals surface area contributed by atoms with Gasteiger partial charge in [0.25, 0.3) is 10.0 Å². The van der Waals surface area contributed by atoms with Gasteiger partial charge in [0.05, 0.1) is 34.9 Å². The minimum Gasteiger partial charge on any atom is -0.377 e. The number of anilines is 2. The molecule has 1 fully saturated rings. The summed E-state index contributed by atoms with van der Waals surface area (Å²) in [5, 5.41) is 6.87. The number of rotatable bonds is 8. The summed E-state index contributed by atoms with van der Waals surface area (Å²) in [7, 11) is -1.79. The lowest BCUT2D eigenvalue weighted by molar-refractivity contribution is 0.173. The molecule has 0 radical (unpaired) electrons. The van der Waals surface area contributed by atoms with Crippen LogP contribution in [0.5, 0.6) is 0 Å². The molecule has 172 valence electrons. The summed E-state index contributed by atoms with van der Waals surface area (Å²) in [6.45, 7) is 4.59. The van der Waals surface area contributed by atoms with E-state index in [9.17, 15) is 8.42 Å². The Morgan fingerprint density at radius 1 is 1.18 bits per heavy atom. The number of imidazole rings is 1. The van der Waals surface area contributed by atoms with Crippen LogP contribution in [0.15, 0.2) is 36.9 Å². The summed E-state index contributed by atoms with van der Waals surface area (Å²) < 4.78 is 33.2. The van der Waals surface area contributed by atoms with Crippen LogP contribution in [0.2, 0.25) is 0 Å². The maximum absolute atomic E-state index is 12.4. The first kappa shape index (κ1) is 21.5. The number of fused-ring (bicyclic) bond motifs is 1. The van der Waals surface area contributed by atoms with Crippen LogP contribution in [0, 0.1) is 0 Å². The van der Waals surface area contributed by atoms with Gasteiger partial charge in [-0.25, -0.2) is 28.4 Å². The molecule has 0 amide bonds. The molecular formula is C21H24N8O3S. The lowest BCUT2D eigenvalue weighted by Crippen LogP contribution is -2.17. The molecule has 0 spiro atoms. The fourth-order valence-corrected chi connectivity index (χ4v) is 5.18. The average Bonchev–Trinajstić information content (AvgIpc) is 3.41. The highest BCUT2D eigenvalue weighted by atomic mass is 32.2. The first-order chi connectivity index (χ1) is 15.9. The van der Waals surface area contributed by atoms with E-state index in [0.29, 0.717) is 42.5 Å². The Morgan fingerprint density at radius 3 is 2.73 bits per heavy atom. The van der Waals surface area contributed by atoms with Crippen LogP contribution < -0.4 is 5.32 Å². The van der Waals surface area contributed by atoms with Gasteiger partial charge in [0, 0.05) is 25.4 Å². The zero-order valence-electron chi connectivity index (χ0n) is 18.5. The van der Waals surface area contributed by atoms with Crippen LogP contribution in [0.25, 0.3) is 22.4 Å². The van der Waals surface area contributed by atoms with E-state index in [1.807, 2.05) is 6.07 Å². The van der Waals surface area contributed by atoms with Crippen molar-refractivity contribution in [2.24, 2.45) is 0 Å². The molecular weight excluding hydrogens is 444 g/mol. The number of pyridine rings is 1. The third-order valence-corrected chi connectivity index (χ3v) is 7.41. The predicted molar refractivity (Wildman–Crippen MR) is 123 cm³/mol. The second-order valence-electron chi connectivity index (χ2n) is 8.22. The number of ether oxygens (including phenoxy) is 1. The van der Waals surface area contributed by atoms with Crippen molar-refractivity contribution in [1.29, 1.82) is 0 Å². The Labute approximate surface area is 190 Å². The van der Waals surface area contributed by atoms with Crippen molar-refractivity contribution in [1.82, 2.24) is 33.7 Å². The smallest absolute Gasteiger partial charge is 0.256 e. The molecule has 0 unspecified atom stereocenters. The zero-order chi connectivity index (χ0) is 23.2. The maximum Gasteiger partial charge on any atom is 0.256 e. The number of nitrogens with zero attached hydrogens (tertiary/aromatic N) is 7. The molecule has 0 bridgehead atoms. The van der Waals surface area contributed by atoms with E-state index < -0.39 is 10.0 Å². The van der Waals surface area contributed by atoms with Gasteiger partial charge < -0.3 is 14.6 Å². The van der Waals surface area contributed by atoms with Gasteiger partial charge in [-0.05, 0) is 32.8 Å². The Hall–Kier alpha value is -3.38. The van der Waals surface area contributed by atoms with E-state index in [1.165, 1.54) is 12.4 Å². The van der Waals surface area contributed by atoms with Crippen LogP contribution in [-0.2, 0) is 21.4 Å². The first-order valence-corrected chi connectivity index (χ1v) is 12.1. The molecule has 4 heterocycles. The van der Waals surface area contributed by atoms with E-state index in [2.05, 4.69) is 48.8 Å². The van der Waals surface area contributed by atoms with Gasteiger partial charge in [-0.3, -0.25) is 0 Å². The van der Waals surface area contributed by atoms with Crippen LogP contribution >= 0.6 is 0 Å². The fourth-order valence-electron chi connectivity index (χ4n) is 3.70. The summed E-state index contributed by atoms with van der Waals surface area (Å²) in [5.41, 5.74) is 2.25. The van der Waals surface area contributed by atoms with Gasteiger partial charge in [-0.2, -0.15) is 9.19 Å². The third kappa shape index (κ3) is 4.07. The van der Waals surface area contributed by atoms with E-state index in [4.69, 9.17) is 4.74 Å². The molecule has 4 aromatic rings. The van der Waals surface area contributed by atoms with Gasteiger partial charge in [0.2, 0.25) is 0 Å². The van der Waals surface area contributed by atoms with E-state index in [-0.39, 0.29) is 11.3 Å². The molecule has 0 saturated heterocycles. The van der Waals surface area contributed by atoms with E-state index in [1.54, 1.807) is 25.6 Å². The van der Waals surface area contributed by atoms with Crippen molar-refractivity contribution >= 4 is 32.7 Å². The highest BCUT2D eigenvalue weighted by molar-refractivity contribution is 7.90. The molecule has 0 atom stereocenters. The van der Waals surface area contributed by atoms with Crippen LogP contribution in [0.1, 0.15) is 38.6 Å². The quantitative estimate of drug-likeness (QED) is 0.415. The second kappa shape index (κ2) is 8.19. The van der Waals surface area contributed by atoms with Gasteiger partial charge >= 0.3 is 0 Å². The van der Waals surface area contributed by atoms with Crippen molar-refractivity contribution in [3.05, 3.63) is 42.7 Å². The van der Waals surface area contributed by atoms with Crippen LogP contribution in [-0.4, -0.2) is 54.5 Å². The number of hydrogen-bond acceptors (Lipinski definition) is 9. The molecule has 1 aliphatic rings. The molecule has 4 aromatic heterocycles. The number of methoxy groups -OCH3 is 1. The van der Waals surface area contributed by atoms with Gasteiger partial charge in [-0.15, -0.1) is 0 Å². The molecule has 5 rings (SSSR count). The summed E-state index contributed by atoms with van der Waals surface area (Å²) in [5.74, 6) is 2.33. The first-order valence-electron chi connectivity index (χ1n) is 10.6. The molecule has 12 heteroatoms. The van der Waals surface area contributed by atoms with Crippen molar-refractivity contribution in [2.45, 2.75) is 44.6 Å². The van der Waals surface area contributed by atoms with Gasteiger partial charge in [0.1, 0.15) is 29.6 Å². The normalized spacial score (nSPS) is 14.3. The monoisotopic (exact) mass is 468 g/mol. The number of hydrogen-bond donors (Lipinski definition) is 1. The Morgan fingerprint density at radius 2 is 2.00 bits per heavy atom. The number of nitrogens with one attached hydrogen (secondary N) is 1. The summed E-state index contributed by atoms with van der Waals surface area (Å²) in [6, 6.07) is 3.84. The minimum atomic E-state index is -3.44. The minimum absolute atomic E-state index is 0.199. The van der Waals surface area contributed by atoms with Gasteiger partial charge in [0.15, 0.2) is 5.82 Å². The van der Waals surface area contributed by atoms with Crippen molar-refractivity contribution in [3.8, 4) is 11.4 Å². The standard InChI is InChI=1S/C21H24N8O3S/c1-13(2)29-17-8-19(23-10-16(17)25-20(29)12-32-3)26-18-6-7-22-21(27-18)14-9-24-28(11-14)33(30,31)15-4-5-15/h6-11,13,15H,4-5,12H2,1-3H3,(H,22,23,26,27). The number of aromatic nitrogens is 7. The van der Waals surface area contributed by atoms with E-state index >= 15 is 0 Å². The second-order valence-corrected chi connectivity index (χ2v) is 10.3. The van der Waals surface area contributed by atoms with Gasteiger partial charge in [-0.1, -0.05) is 0 Å². The fraction of sp³-hybridized carbons (Fsp3) is 0.381. The predicted octanol–water partition coefficient (Wildman–Crippen LogP) is 2.90. The molecule has 1 saturated carbocycles. The lowest BCUT2D eigenvalue weighted by atomic mass is 10.3. The summed E-state index contributed by atoms with van der Waals surface area (Å²) >= 11 is 0. The summed E-state index contributed by atoms with van der Waals surface area (Å²) in [4.78, 5) is 17.9. The topological polar surface area (TPSA) is 130 Å².